The zero-order valence-electron chi connectivity index (χ0n) is 12.2. The van der Waals surface area contributed by atoms with Gasteiger partial charge in [0.2, 0.25) is 5.91 Å². The van der Waals surface area contributed by atoms with Crippen LogP contribution in [0, 0.1) is 11.8 Å². The van der Waals surface area contributed by atoms with Crippen LogP contribution in [0.4, 0.5) is 0 Å². The number of amides is 1. The van der Waals surface area contributed by atoms with Gasteiger partial charge in [-0.2, -0.15) is 0 Å². The van der Waals surface area contributed by atoms with E-state index in [1.807, 2.05) is 6.92 Å². The first-order valence-electron chi connectivity index (χ1n) is 7.04. The molecular weight excluding hydrogens is 228 g/mol. The Kier molecular flexibility index (Phi) is 6.65. The Morgan fingerprint density at radius 1 is 1.33 bits per heavy atom. The summed E-state index contributed by atoms with van der Waals surface area (Å²) in [7, 11) is 1.64. The van der Waals surface area contributed by atoms with E-state index in [0.29, 0.717) is 19.2 Å². The summed E-state index contributed by atoms with van der Waals surface area (Å²) in [6.45, 7) is 7.55. The first-order chi connectivity index (χ1) is 8.52. The lowest BCUT2D eigenvalue weighted by Gasteiger charge is -2.32. The van der Waals surface area contributed by atoms with Crippen LogP contribution in [0.2, 0.25) is 0 Å². The Balaban J connectivity index is 2.18. The van der Waals surface area contributed by atoms with Gasteiger partial charge in [0.25, 0.3) is 0 Å². The third-order valence-electron chi connectivity index (χ3n) is 3.97. The van der Waals surface area contributed by atoms with E-state index < -0.39 is 0 Å². The summed E-state index contributed by atoms with van der Waals surface area (Å²) < 4.78 is 4.99. The van der Waals surface area contributed by atoms with Crippen LogP contribution < -0.4 is 10.6 Å². The Morgan fingerprint density at radius 3 is 2.67 bits per heavy atom. The largest absolute Gasteiger partial charge is 0.383 e. The van der Waals surface area contributed by atoms with E-state index in [-0.39, 0.29) is 11.9 Å². The van der Waals surface area contributed by atoms with Crippen molar-refractivity contribution < 1.29 is 9.53 Å². The molecule has 4 unspecified atom stereocenters. The van der Waals surface area contributed by atoms with Crippen molar-refractivity contribution in [1.29, 1.82) is 0 Å². The summed E-state index contributed by atoms with van der Waals surface area (Å²) in [5, 5.41) is 6.28. The summed E-state index contributed by atoms with van der Waals surface area (Å²) in [5.41, 5.74) is 0. The van der Waals surface area contributed by atoms with E-state index in [0.717, 1.165) is 11.8 Å². The molecular formula is C14H28N2O2. The Bertz CT molecular complexity index is 258. The summed E-state index contributed by atoms with van der Waals surface area (Å²) in [5.74, 6) is 1.64. The lowest BCUT2D eigenvalue weighted by atomic mass is 9.79. The second-order valence-corrected chi connectivity index (χ2v) is 5.77. The zero-order chi connectivity index (χ0) is 13.5. The third kappa shape index (κ3) is 5.36. The molecule has 0 aromatic carbocycles. The van der Waals surface area contributed by atoms with E-state index >= 15 is 0 Å². The van der Waals surface area contributed by atoms with Gasteiger partial charge in [-0.3, -0.25) is 4.79 Å². The first kappa shape index (κ1) is 15.4. The number of carbonyl (C=O) groups excluding carboxylic acids is 1. The molecule has 4 atom stereocenters. The monoisotopic (exact) mass is 256 g/mol. The van der Waals surface area contributed by atoms with Crippen LogP contribution in [-0.2, 0) is 9.53 Å². The van der Waals surface area contributed by atoms with Crippen molar-refractivity contribution in [3.63, 3.8) is 0 Å². The molecule has 0 saturated heterocycles. The van der Waals surface area contributed by atoms with Crippen molar-refractivity contribution in [1.82, 2.24) is 10.6 Å². The Labute approximate surface area is 111 Å². The highest BCUT2D eigenvalue weighted by molar-refractivity contribution is 5.78. The van der Waals surface area contributed by atoms with Crippen LogP contribution >= 0.6 is 0 Å². The fourth-order valence-corrected chi connectivity index (χ4v) is 2.59. The van der Waals surface area contributed by atoms with Crippen molar-refractivity contribution in [2.45, 2.75) is 52.1 Å². The van der Waals surface area contributed by atoms with Crippen LogP contribution in [-0.4, -0.2) is 38.3 Å². The zero-order valence-corrected chi connectivity index (χ0v) is 12.2. The molecule has 0 radical (unpaired) electrons. The normalized spacial score (nSPS) is 29.9. The number of methoxy groups -OCH3 is 1. The number of rotatable bonds is 6. The molecule has 0 spiro atoms. The van der Waals surface area contributed by atoms with Crippen molar-refractivity contribution in [2.24, 2.45) is 11.8 Å². The highest BCUT2D eigenvalue weighted by Crippen LogP contribution is 2.29. The van der Waals surface area contributed by atoms with Crippen LogP contribution in [0.1, 0.15) is 40.0 Å². The summed E-state index contributed by atoms with van der Waals surface area (Å²) in [4.78, 5) is 11.7. The molecule has 1 saturated carbocycles. The molecule has 4 nitrogen and oxygen atoms in total. The quantitative estimate of drug-likeness (QED) is 0.758. The van der Waals surface area contributed by atoms with Gasteiger partial charge in [0.15, 0.2) is 0 Å². The van der Waals surface area contributed by atoms with Crippen molar-refractivity contribution in [2.75, 3.05) is 20.3 Å². The molecule has 0 aliphatic heterocycles. The molecule has 0 heterocycles. The predicted octanol–water partition coefficient (Wildman–Crippen LogP) is 1.55. The van der Waals surface area contributed by atoms with Gasteiger partial charge in [-0.05, 0) is 38.0 Å². The topological polar surface area (TPSA) is 50.4 Å². The molecule has 1 fully saturated rings. The fourth-order valence-electron chi connectivity index (χ4n) is 2.59. The van der Waals surface area contributed by atoms with Gasteiger partial charge in [0, 0.05) is 19.2 Å². The van der Waals surface area contributed by atoms with E-state index in [1.54, 1.807) is 7.11 Å². The maximum absolute atomic E-state index is 11.7. The van der Waals surface area contributed by atoms with Crippen LogP contribution in [0.3, 0.4) is 0 Å². The van der Waals surface area contributed by atoms with Gasteiger partial charge in [0.05, 0.1) is 13.2 Å². The molecule has 106 valence electrons. The number of hydrogen-bond donors (Lipinski definition) is 2. The lowest BCUT2D eigenvalue weighted by molar-refractivity contribution is -0.121. The van der Waals surface area contributed by atoms with Crippen LogP contribution in [0.15, 0.2) is 0 Å². The van der Waals surface area contributed by atoms with Crippen molar-refractivity contribution in [3.8, 4) is 0 Å². The highest BCUT2D eigenvalue weighted by atomic mass is 16.5. The fraction of sp³-hybridized carbons (Fsp3) is 0.929. The molecule has 18 heavy (non-hydrogen) atoms. The molecule has 2 N–H and O–H groups in total. The molecule has 0 aromatic rings. The van der Waals surface area contributed by atoms with Crippen LogP contribution in [0.25, 0.3) is 0 Å². The number of ether oxygens (including phenoxy) is 1. The number of carbonyl (C=O) groups is 1. The lowest BCUT2D eigenvalue weighted by Crippen LogP contribution is -2.45. The maximum Gasteiger partial charge on any atom is 0.234 e. The van der Waals surface area contributed by atoms with E-state index in [1.165, 1.54) is 19.3 Å². The highest BCUT2D eigenvalue weighted by Gasteiger charge is 2.24. The van der Waals surface area contributed by atoms with Crippen LogP contribution in [0.5, 0.6) is 0 Å². The van der Waals surface area contributed by atoms with Crippen molar-refractivity contribution >= 4 is 5.91 Å². The molecule has 1 aliphatic rings. The van der Waals surface area contributed by atoms with Gasteiger partial charge in [-0.15, -0.1) is 0 Å². The molecule has 4 heteroatoms. The molecule has 1 aliphatic carbocycles. The van der Waals surface area contributed by atoms with E-state index in [4.69, 9.17) is 4.74 Å². The minimum atomic E-state index is 0.0609. The van der Waals surface area contributed by atoms with Gasteiger partial charge in [-0.1, -0.05) is 13.8 Å². The number of hydrogen-bond acceptors (Lipinski definition) is 3. The average Bonchev–Trinajstić information content (AvgIpc) is 2.31. The van der Waals surface area contributed by atoms with Gasteiger partial charge < -0.3 is 15.4 Å². The summed E-state index contributed by atoms with van der Waals surface area (Å²) in [6.07, 6.45) is 3.63. The smallest absolute Gasteiger partial charge is 0.234 e. The Hall–Kier alpha value is -0.610. The summed E-state index contributed by atoms with van der Waals surface area (Å²) in [6, 6.07) is 0.578. The molecule has 1 amide bonds. The SMILES string of the molecule is COCC(C)NC(=O)CNC1CCC(C)C(C)C1. The first-order valence-corrected chi connectivity index (χ1v) is 7.04. The predicted molar refractivity (Wildman–Crippen MR) is 73.5 cm³/mol. The van der Waals surface area contributed by atoms with E-state index in [2.05, 4.69) is 24.5 Å². The average molecular weight is 256 g/mol. The van der Waals surface area contributed by atoms with Gasteiger partial charge in [-0.25, -0.2) is 0 Å². The molecule has 1 rings (SSSR count). The summed E-state index contributed by atoms with van der Waals surface area (Å²) >= 11 is 0. The Morgan fingerprint density at radius 2 is 2.06 bits per heavy atom. The van der Waals surface area contributed by atoms with Gasteiger partial charge in [0.1, 0.15) is 0 Å². The second-order valence-electron chi connectivity index (χ2n) is 5.77. The standard InChI is InChI=1S/C14H28N2O2/c1-10-5-6-13(7-11(10)2)15-8-14(17)16-12(3)9-18-4/h10-13,15H,5-9H2,1-4H3,(H,16,17). The third-order valence-corrected chi connectivity index (χ3v) is 3.97. The van der Waals surface area contributed by atoms with Crippen molar-refractivity contribution in [3.05, 3.63) is 0 Å². The minimum absolute atomic E-state index is 0.0609. The van der Waals surface area contributed by atoms with E-state index in [9.17, 15) is 4.79 Å². The molecule has 0 aromatic heterocycles. The molecule has 0 bridgehead atoms. The second kappa shape index (κ2) is 7.74. The number of nitrogens with one attached hydrogen (secondary N) is 2. The van der Waals surface area contributed by atoms with Gasteiger partial charge >= 0.3 is 0 Å². The maximum atomic E-state index is 11.7. The minimum Gasteiger partial charge on any atom is -0.383 e.